The molecule has 0 bridgehead atoms. The lowest BCUT2D eigenvalue weighted by molar-refractivity contribution is -0.142. The van der Waals surface area contributed by atoms with E-state index in [1.165, 1.54) is 0 Å². The summed E-state index contributed by atoms with van der Waals surface area (Å²) >= 11 is 0. The molecular formula is C10H17F5O. The first-order valence-electron chi connectivity index (χ1n) is 5.05. The van der Waals surface area contributed by atoms with Crippen molar-refractivity contribution in [2.45, 2.75) is 57.7 Å². The molecule has 6 heteroatoms. The number of alkyl halides is 5. The Labute approximate surface area is 92.0 Å². The lowest BCUT2D eigenvalue weighted by atomic mass is 10.0. The number of ether oxygens (including phenoxy) is 1. The van der Waals surface area contributed by atoms with E-state index in [1.54, 1.807) is 0 Å². The summed E-state index contributed by atoms with van der Waals surface area (Å²) in [6.45, 7) is 3.09. The number of hydrogen-bond donors (Lipinski definition) is 0. The quantitative estimate of drug-likeness (QED) is 0.513. The van der Waals surface area contributed by atoms with Gasteiger partial charge in [0.2, 0.25) is 0 Å². The van der Waals surface area contributed by atoms with Crippen LogP contribution in [0.1, 0.15) is 33.6 Å². The van der Waals surface area contributed by atoms with Crippen molar-refractivity contribution in [3.05, 3.63) is 0 Å². The molecule has 0 aromatic rings. The highest BCUT2D eigenvalue weighted by Gasteiger charge is 2.35. The van der Waals surface area contributed by atoms with Crippen LogP contribution in [-0.4, -0.2) is 30.7 Å². The lowest BCUT2D eigenvalue weighted by Gasteiger charge is -2.28. The van der Waals surface area contributed by atoms with E-state index in [2.05, 4.69) is 0 Å². The lowest BCUT2D eigenvalue weighted by Crippen LogP contribution is -2.40. The fraction of sp³-hybridized carbons (Fsp3) is 1.00. The van der Waals surface area contributed by atoms with Crippen LogP contribution in [0.4, 0.5) is 22.0 Å². The Morgan fingerprint density at radius 1 is 1.12 bits per heavy atom. The molecule has 16 heavy (non-hydrogen) atoms. The molecule has 0 saturated heterocycles. The average Bonchev–Trinajstić information content (AvgIpc) is 1.97. The molecule has 0 aromatic carbocycles. The molecular weight excluding hydrogens is 231 g/mol. The normalized spacial score (nSPS) is 17.2. The predicted octanol–water partition coefficient (Wildman–Crippen LogP) is 3.82. The van der Waals surface area contributed by atoms with E-state index in [-0.39, 0.29) is 13.0 Å². The highest BCUT2D eigenvalue weighted by Crippen LogP contribution is 2.25. The first-order chi connectivity index (χ1) is 7.04. The van der Waals surface area contributed by atoms with Crippen LogP contribution < -0.4 is 0 Å². The van der Waals surface area contributed by atoms with Gasteiger partial charge in [-0.15, -0.1) is 0 Å². The standard InChI is InChI=1S/C10H17F5O/c1-7(11)8(9(2,3)12)16-6-4-5-10(13,14)15/h7-8H,4-6H2,1-3H3. The molecule has 0 N–H and O–H groups in total. The highest BCUT2D eigenvalue weighted by molar-refractivity contribution is 4.83. The van der Waals surface area contributed by atoms with E-state index < -0.39 is 30.5 Å². The van der Waals surface area contributed by atoms with Crippen LogP contribution in [0.25, 0.3) is 0 Å². The third-order valence-electron chi connectivity index (χ3n) is 2.00. The number of hydrogen-bond acceptors (Lipinski definition) is 1. The molecule has 0 amide bonds. The van der Waals surface area contributed by atoms with Gasteiger partial charge in [-0.25, -0.2) is 8.78 Å². The summed E-state index contributed by atoms with van der Waals surface area (Å²) in [7, 11) is 0. The zero-order valence-corrected chi connectivity index (χ0v) is 9.57. The minimum absolute atomic E-state index is 0.289. The molecule has 1 nitrogen and oxygen atoms in total. The summed E-state index contributed by atoms with van der Waals surface area (Å²) in [4.78, 5) is 0. The maximum absolute atomic E-state index is 13.4. The Bertz CT molecular complexity index is 194. The summed E-state index contributed by atoms with van der Waals surface area (Å²) in [5.74, 6) is 0. The SMILES string of the molecule is CC(F)C(OCCCC(F)(F)F)C(C)(C)F. The molecule has 0 aliphatic rings. The largest absolute Gasteiger partial charge is 0.389 e. The third-order valence-corrected chi connectivity index (χ3v) is 2.00. The highest BCUT2D eigenvalue weighted by atomic mass is 19.4. The molecule has 0 rings (SSSR count). The van der Waals surface area contributed by atoms with Gasteiger partial charge in [-0.2, -0.15) is 13.2 Å². The van der Waals surface area contributed by atoms with Crippen LogP contribution in [-0.2, 0) is 4.74 Å². The van der Waals surface area contributed by atoms with Gasteiger partial charge in [0, 0.05) is 13.0 Å². The Hall–Kier alpha value is -0.390. The fourth-order valence-electron chi connectivity index (χ4n) is 1.36. The van der Waals surface area contributed by atoms with Crippen LogP contribution in [0.3, 0.4) is 0 Å². The van der Waals surface area contributed by atoms with E-state index in [1.807, 2.05) is 0 Å². The molecule has 0 fully saturated rings. The Morgan fingerprint density at radius 3 is 1.94 bits per heavy atom. The topological polar surface area (TPSA) is 9.23 Å². The van der Waals surface area contributed by atoms with Crippen molar-refractivity contribution in [3.8, 4) is 0 Å². The van der Waals surface area contributed by atoms with Crippen molar-refractivity contribution in [3.63, 3.8) is 0 Å². The first kappa shape index (κ1) is 15.6. The molecule has 2 atom stereocenters. The van der Waals surface area contributed by atoms with Crippen molar-refractivity contribution in [2.24, 2.45) is 0 Å². The molecule has 0 aromatic heterocycles. The van der Waals surface area contributed by atoms with Crippen molar-refractivity contribution in [2.75, 3.05) is 6.61 Å². The molecule has 0 spiro atoms. The Morgan fingerprint density at radius 2 is 1.62 bits per heavy atom. The molecule has 0 aliphatic heterocycles. The summed E-state index contributed by atoms with van der Waals surface area (Å²) in [6, 6.07) is 0. The minimum atomic E-state index is -4.26. The van der Waals surface area contributed by atoms with Gasteiger partial charge in [0.15, 0.2) is 0 Å². The second-order valence-electron chi connectivity index (χ2n) is 4.25. The van der Waals surface area contributed by atoms with E-state index in [9.17, 15) is 22.0 Å². The van der Waals surface area contributed by atoms with Crippen LogP contribution in [0, 0.1) is 0 Å². The van der Waals surface area contributed by atoms with E-state index in [4.69, 9.17) is 4.74 Å². The predicted molar refractivity (Wildman–Crippen MR) is 50.8 cm³/mol. The number of rotatable bonds is 6. The Kier molecular flexibility index (Phi) is 5.65. The van der Waals surface area contributed by atoms with Crippen molar-refractivity contribution in [1.82, 2.24) is 0 Å². The minimum Gasteiger partial charge on any atom is -0.372 e. The second-order valence-corrected chi connectivity index (χ2v) is 4.25. The van der Waals surface area contributed by atoms with Crippen molar-refractivity contribution in [1.29, 1.82) is 0 Å². The number of halogens is 5. The van der Waals surface area contributed by atoms with Gasteiger partial charge in [0.25, 0.3) is 0 Å². The maximum atomic E-state index is 13.4. The molecule has 0 saturated carbocycles. The van der Waals surface area contributed by atoms with Crippen LogP contribution in [0.2, 0.25) is 0 Å². The van der Waals surface area contributed by atoms with Gasteiger partial charge >= 0.3 is 6.18 Å². The van der Waals surface area contributed by atoms with E-state index in [0.717, 1.165) is 20.8 Å². The van der Waals surface area contributed by atoms with Gasteiger partial charge in [-0.3, -0.25) is 0 Å². The van der Waals surface area contributed by atoms with Gasteiger partial charge < -0.3 is 4.74 Å². The molecule has 0 aliphatic carbocycles. The third kappa shape index (κ3) is 6.98. The monoisotopic (exact) mass is 248 g/mol. The first-order valence-corrected chi connectivity index (χ1v) is 5.05. The summed E-state index contributed by atoms with van der Waals surface area (Å²) in [6.07, 6.45) is -8.45. The Balaban J connectivity index is 3.97. The fourth-order valence-corrected chi connectivity index (χ4v) is 1.36. The zero-order chi connectivity index (χ0) is 13.0. The second kappa shape index (κ2) is 5.80. The zero-order valence-electron chi connectivity index (χ0n) is 9.57. The summed E-state index contributed by atoms with van der Waals surface area (Å²) in [5, 5.41) is 0. The summed E-state index contributed by atoms with van der Waals surface area (Å²) in [5.41, 5.74) is -1.91. The molecule has 0 radical (unpaired) electrons. The molecule has 0 heterocycles. The van der Waals surface area contributed by atoms with Crippen LogP contribution in [0.15, 0.2) is 0 Å². The maximum Gasteiger partial charge on any atom is 0.389 e. The van der Waals surface area contributed by atoms with Gasteiger partial charge in [0.1, 0.15) is 17.9 Å². The van der Waals surface area contributed by atoms with E-state index >= 15 is 0 Å². The van der Waals surface area contributed by atoms with Crippen LogP contribution >= 0.6 is 0 Å². The van der Waals surface area contributed by atoms with Gasteiger partial charge in [-0.1, -0.05) is 0 Å². The summed E-state index contributed by atoms with van der Waals surface area (Å²) < 4.78 is 66.4. The van der Waals surface area contributed by atoms with E-state index in [0.29, 0.717) is 0 Å². The van der Waals surface area contributed by atoms with Gasteiger partial charge in [0.05, 0.1) is 0 Å². The van der Waals surface area contributed by atoms with Crippen molar-refractivity contribution >= 4 is 0 Å². The molecule has 2 unspecified atom stereocenters. The van der Waals surface area contributed by atoms with Gasteiger partial charge in [-0.05, 0) is 27.2 Å². The molecule has 98 valence electrons. The average molecular weight is 248 g/mol. The smallest absolute Gasteiger partial charge is 0.372 e. The van der Waals surface area contributed by atoms with Crippen molar-refractivity contribution < 1.29 is 26.7 Å². The van der Waals surface area contributed by atoms with Crippen LogP contribution in [0.5, 0.6) is 0 Å².